The van der Waals surface area contributed by atoms with E-state index in [-0.39, 0.29) is 0 Å². The Morgan fingerprint density at radius 3 is 2.19 bits per heavy atom. The molecule has 4 heteroatoms. The number of hydrogen-bond donors (Lipinski definition) is 1. The highest BCUT2D eigenvalue weighted by atomic mass is 16.5. The highest BCUT2D eigenvalue weighted by molar-refractivity contribution is 5.55. The third-order valence-corrected chi connectivity index (χ3v) is 3.59. The second kappa shape index (κ2) is 10.3. The fourth-order valence-corrected chi connectivity index (χ4v) is 2.46. The minimum absolute atomic E-state index is 0.685. The van der Waals surface area contributed by atoms with Crippen molar-refractivity contribution in [1.82, 2.24) is 5.32 Å². The zero-order chi connectivity index (χ0) is 15.5. The standard InChI is InChI=1S/C17H29NO3/c1-5-18-13-9-7-6-8-10-14-11-12-15(19-2)17(21-4)16(14)20-3/h11-12,18H,5-10,13H2,1-4H3. The number of ether oxygens (including phenoxy) is 3. The van der Waals surface area contributed by atoms with E-state index in [1.165, 1.54) is 24.8 Å². The molecule has 0 unspecified atom stereocenters. The van der Waals surface area contributed by atoms with Gasteiger partial charge < -0.3 is 19.5 Å². The topological polar surface area (TPSA) is 39.7 Å². The maximum atomic E-state index is 5.50. The first-order chi connectivity index (χ1) is 10.3. The van der Waals surface area contributed by atoms with E-state index in [4.69, 9.17) is 14.2 Å². The molecule has 0 heterocycles. The fourth-order valence-electron chi connectivity index (χ4n) is 2.46. The summed E-state index contributed by atoms with van der Waals surface area (Å²) in [5.74, 6) is 2.19. The largest absolute Gasteiger partial charge is 0.493 e. The van der Waals surface area contributed by atoms with Gasteiger partial charge in [-0.05, 0) is 44.0 Å². The first-order valence-corrected chi connectivity index (χ1v) is 7.77. The van der Waals surface area contributed by atoms with Crippen LogP contribution in [0.1, 0.15) is 38.2 Å². The summed E-state index contributed by atoms with van der Waals surface area (Å²) < 4.78 is 16.2. The minimum atomic E-state index is 0.685. The molecule has 1 rings (SSSR count). The summed E-state index contributed by atoms with van der Waals surface area (Å²) in [5, 5.41) is 3.35. The van der Waals surface area contributed by atoms with Gasteiger partial charge in [0.1, 0.15) is 0 Å². The molecular weight excluding hydrogens is 266 g/mol. The van der Waals surface area contributed by atoms with Crippen molar-refractivity contribution < 1.29 is 14.2 Å². The van der Waals surface area contributed by atoms with E-state index < -0.39 is 0 Å². The highest BCUT2D eigenvalue weighted by Gasteiger charge is 2.15. The summed E-state index contributed by atoms with van der Waals surface area (Å²) >= 11 is 0. The van der Waals surface area contributed by atoms with E-state index >= 15 is 0 Å². The van der Waals surface area contributed by atoms with Crippen LogP contribution in [0.3, 0.4) is 0 Å². The van der Waals surface area contributed by atoms with E-state index in [2.05, 4.69) is 18.3 Å². The Balaban J connectivity index is 2.51. The van der Waals surface area contributed by atoms with E-state index in [1.807, 2.05) is 6.07 Å². The number of rotatable bonds is 11. The van der Waals surface area contributed by atoms with Crippen molar-refractivity contribution in [3.05, 3.63) is 17.7 Å². The van der Waals surface area contributed by atoms with Crippen molar-refractivity contribution >= 4 is 0 Å². The molecule has 0 amide bonds. The smallest absolute Gasteiger partial charge is 0.203 e. The first kappa shape index (κ1) is 17.6. The van der Waals surface area contributed by atoms with Crippen molar-refractivity contribution in [3.63, 3.8) is 0 Å². The van der Waals surface area contributed by atoms with Crippen LogP contribution in [0.2, 0.25) is 0 Å². The number of aryl methyl sites for hydroxylation is 1. The molecule has 0 spiro atoms. The third-order valence-electron chi connectivity index (χ3n) is 3.59. The average Bonchev–Trinajstić information content (AvgIpc) is 2.52. The molecule has 0 atom stereocenters. The fraction of sp³-hybridized carbons (Fsp3) is 0.647. The van der Waals surface area contributed by atoms with Crippen molar-refractivity contribution in [2.45, 2.75) is 39.0 Å². The van der Waals surface area contributed by atoms with Crippen molar-refractivity contribution in [1.29, 1.82) is 0 Å². The molecule has 0 aromatic heterocycles. The second-order valence-corrected chi connectivity index (χ2v) is 5.01. The van der Waals surface area contributed by atoms with Gasteiger partial charge in [0.05, 0.1) is 21.3 Å². The molecule has 120 valence electrons. The summed E-state index contributed by atoms with van der Waals surface area (Å²) in [4.78, 5) is 0. The molecule has 0 radical (unpaired) electrons. The van der Waals surface area contributed by atoms with Crippen LogP contribution in [0.25, 0.3) is 0 Å². The summed E-state index contributed by atoms with van der Waals surface area (Å²) in [6.07, 6.45) is 5.92. The van der Waals surface area contributed by atoms with Crippen LogP contribution >= 0.6 is 0 Å². The SMILES string of the molecule is CCNCCCCCCc1ccc(OC)c(OC)c1OC. The molecule has 1 aromatic rings. The summed E-state index contributed by atoms with van der Waals surface area (Å²) in [7, 11) is 4.96. The van der Waals surface area contributed by atoms with Crippen LogP contribution in [0.5, 0.6) is 17.2 Å². The van der Waals surface area contributed by atoms with Gasteiger partial charge in [-0.25, -0.2) is 0 Å². The van der Waals surface area contributed by atoms with Crippen LogP contribution < -0.4 is 19.5 Å². The maximum absolute atomic E-state index is 5.50. The van der Waals surface area contributed by atoms with Gasteiger partial charge in [0.2, 0.25) is 5.75 Å². The zero-order valence-electron chi connectivity index (χ0n) is 13.8. The van der Waals surface area contributed by atoms with Crippen LogP contribution in [-0.4, -0.2) is 34.4 Å². The van der Waals surface area contributed by atoms with E-state index in [9.17, 15) is 0 Å². The predicted octanol–water partition coefficient (Wildman–Crippen LogP) is 3.42. The molecule has 21 heavy (non-hydrogen) atoms. The Morgan fingerprint density at radius 1 is 0.857 bits per heavy atom. The molecule has 0 aliphatic carbocycles. The quantitative estimate of drug-likeness (QED) is 0.635. The lowest BCUT2D eigenvalue weighted by molar-refractivity contribution is 0.322. The minimum Gasteiger partial charge on any atom is -0.493 e. The predicted molar refractivity (Wildman–Crippen MR) is 86.8 cm³/mol. The Kier molecular flexibility index (Phi) is 8.67. The molecule has 1 aromatic carbocycles. The van der Waals surface area contributed by atoms with Gasteiger partial charge in [0.15, 0.2) is 11.5 Å². The Hall–Kier alpha value is -1.42. The number of hydrogen-bond acceptors (Lipinski definition) is 4. The molecule has 0 saturated carbocycles. The van der Waals surface area contributed by atoms with Gasteiger partial charge in [-0.3, -0.25) is 0 Å². The lowest BCUT2D eigenvalue weighted by Gasteiger charge is -2.15. The molecule has 0 bridgehead atoms. The lowest BCUT2D eigenvalue weighted by Crippen LogP contribution is -2.13. The highest BCUT2D eigenvalue weighted by Crippen LogP contribution is 2.40. The third kappa shape index (κ3) is 5.46. The summed E-state index contributed by atoms with van der Waals surface area (Å²) in [6, 6.07) is 4.01. The molecule has 0 aliphatic heterocycles. The van der Waals surface area contributed by atoms with Gasteiger partial charge in [0, 0.05) is 0 Å². The molecule has 0 saturated heterocycles. The van der Waals surface area contributed by atoms with E-state index in [1.54, 1.807) is 21.3 Å². The van der Waals surface area contributed by atoms with Gasteiger partial charge in [-0.15, -0.1) is 0 Å². The maximum Gasteiger partial charge on any atom is 0.203 e. The van der Waals surface area contributed by atoms with Gasteiger partial charge in [0.25, 0.3) is 0 Å². The van der Waals surface area contributed by atoms with E-state index in [0.29, 0.717) is 11.5 Å². The van der Waals surface area contributed by atoms with Gasteiger partial charge >= 0.3 is 0 Å². The number of methoxy groups -OCH3 is 3. The average molecular weight is 295 g/mol. The summed E-state index contributed by atoms with van der Waals surface area (Å²) in [6.45, 7) is 4.32. The molecular formula is C17H29NO3. The Bertz CT molecular complexity index is 407. The van der Waals surface area contributed by atoms with Gasteiger partial charge in [-0.2, -0.15) is 0 Å². The van der Waals surface area contributed by atoms with Crippen LogP contribution in [0, 0.1) is 0 Å². The molecule has 0 aliphatic rings. The Labute approximate surface area is 128 Å². The monoisotopic (exact) mass is 295 g/mol. The number of nitrogens with one attached hydrogen (secondary N) is 1. The zero-order valence-corrected chi connectivity index (χ0v) is 13.8. The molecule has 0 fully saturated rings. The normalized spacial score (nSPS) is 10.5. The Morgan fingerprint density at radius 2 is 1.57 bits per heavy atom. The van der Waals surface area contributed by atoms with Crippen LogP contribution in [0.15, 0.2) is 12.1 Å². The lowest BCUT2D eigenvalue weighted by atomic mass is 10.0. The molecule has 4 nitrogen and oxygen atoms in total. The van der Waals surface area contributed by atoms with E-state index in [0.717, 1.165) is 31.7 Å². The van der Waals surface area contributed by atoms with Crippen molar-refractivity contribution in [2.75, 3.05) is 34.4 Å². The van der Waals surface area contributed by atoms with Crippen molar-refractivity contribution in [2.24, 2.45) is 0 Å². The van der Waals surface area contributed by atoms with Crippen LogP contribution in [0.4, 0.5) is 0 Å². The summed E-state index contributed by atoms with van der Waals surface area (Å²) in [5.41, 5.74) is 1.18. The number of benzene rings is 1. The molecule has 1 N–H and O–H groups in total. The number of unbranched alkanes of at least 4 members (excludes halogenated alkanes) is 3. The van der Waals surface area contributed by atoms with Crippen LogP contribution in [-0.2, 0) is 6.42 Å². The van der Waals surface area contributed by atoms with Gasteiger partial charge in [-0.1, -0.05) is 25.8 Å². The second-order valence-electron chi connectivity index (χ2n) is 5.01. The first-order valence-electron chi connectivity index (χ1n) is 7.77. The van der Waals surface area contributed by atoms with Crippen molar-refractivity contribution in [3.8, 4) is 17.2 Å².